The van der Waals surface area contributed by atoms with Crippen LogP contribution in [0.3, 0.4) is 0 Å². The van der Waals surface area contributed by atoms with Crippen LogP contribution in [0.4, 0.5) is 0 Å². The normalized spacial score (nSPS) is 13.5. The average molecular weight is 547 g/mol. The Bertz CT molecular complexity index is 2350. The molecule has 0 bridgehead atoms. The van der Waals surface area contributed by atoms with E-state index < -0.39 is 0 Å². The van der Waals surface area contributed by atoms with Crippen molar-refractivity contribution in [1.29, 1.82) is 0 Å². The summed E-state index contributed by atoms with van der Waals surface area (Å²) in [5, 5.41) is 10.6. The van der Waals surface area contributed by atoms with Gasteiger partial charge < -0.3 is 0 Å². The van der Waals surface area contributed by atoms with Crippen LogP contribution in [0.15, 0.2) is 146 Å². The molecule has 0 atom stereocenters. The van der Waals surface area contributed by atoms with Crippen LogP contribution in [-0.2, 0) is 5.41 Å². The van der Waals surface area contributed by atoms with E-state index in [2.05, 4.69) is 159 Å². The van der Waals surface area contributed by atoms with Crippen molar-refractivity contribution in [2.24, 2.45) is 0 Å². The van der Waals surface area contributed by atoms with Gasteiger partial charge in [0.1, 0.15) is 0 Å². The van der Waals surface area contributed by atoms with Gasteiger partial charge in [0.2, 0.25) is 0 Å². The van der Waals surface area contributed by atoms with E-state index in [4.69, 9.17) is 0 Å². The Morgan fingerprint density at radius 1 is 0.349 bits per heavy atom. The van der Waals surface area contributed by atoms with Crippen LogP contribution in [0.5, 0.6) is 0 Å². The van der Waals surface area contributed by atoms with Crippen molar-refractivity contribution in [1.82, 2.24) is 0 Å². The Labute approximate surface area is 251 Å². The quantitative estimate of drug-likeness (QED) is 0.149. The van der Waals surface area contributed by atoms with Crippen molar-refractivity contribution >= 4 is 43.1 Å². The van der Waals surface area contributed by atoms with Crippen LogP contribution in [0.1, 0.15) is 25.0 Å². The van der Waals surface area contributed by atoms with E-state index in [0.717, 1.165) is 0 Å². The second-order valence-corrected chi connectivity index (χ2v) is 12.4. The van der Waals surface area contributed by atoms with Crippen molar-refractivity contribution in [2.75, 3.05) is 0 Å². The van der Waals surface area contributed by atoms with Gasteiger partial charge in [-0.2, -0.15) is 0 Å². The molecule has 202 valence electrons. The zero-order chi connectivity index (χ0) is 28.7. The summed E-state index contributed by atoms with van der Waals surface area (Å²) in [5.74, 6) is 0. The van der Waals surface area contributed by atoms with Crippen molar-refractivity contribution < 1.29 is 0 Å². The van der Waals surface area contributed by atoms with Crippen molar-refractivity contribution in [3.63, 3.8) is 0 Å². The van der Waals surface area contributed by atoms with Crippen molar-refractivity contribution in [3.8, 4) is 33.4 Å². The predicted molar refractivity (Wildman–Crippen MR) is 185 cm³/mol. The maximum absolute atomic E-state index is 2.50. The molecule has 1 aliphatic rings. The van der Waals surface area contributed by atoms with Gasteiger partial charge >= 0.3 is 0 Å². The summed E-state index contributed by atoms with van der Waals surface area (Å²) in [7, 11) is 0. The molecule has 0 aromatic heterocycles. The minimum Gasteiger partial charge on any atom is -0.0622 e. The van der Waals surface area contributed by atoms with Crippen LogP contribution >= 0.6 is 0 Å². The maximum atomic E-state index is 2.50. The molecule has 43 heavy (non-hydrogen) atoms. The van der Waals surface area contributed by atoms with Crippen LogP contribution in [0, 0.1) is 0 Å². The molecule has 0 aliphatic heterocycles. The molecule has 0 heterocycles. The number of rotatable bonds is 2. The molecule has 0 amide bonds. The molecule has 0 unspecified atom stereocenters. The highest BCUT2D eigenvalue weighted by atomic mass is 14.4. The van der Waals surface area contributed by atoms with E-state index in [1.165, 1.54) is 87.6 Å². The first-order chi connectivity index (χ1) is 21.1. The van der Waals surface area contributed by atoms with Gasteiger partial charge in [0.15, 0.2) is 0 Å². The highest BCUT2D eigenvalue weighted by Gasteiger charge is 2.38. The lowest BCUT2D eigenvalue weighted by Gasteiger charge is -2.25. The molecule has 0 radical (unpaired) electrons. The van der Waals surface area contributed by atoms with Gasteiger partial charge in [0, 0.05) is 5.41 Å². The summed E-state index contributed by atoms with van der Waals surface area (Å²) >= 11 is 0. The molecular weight excluding hydrogens is 516 g/mol. The lowest BCUT2D eigenvalue weighted by atomic mass is 9.78. The molecule has 0 spiro atoms. The predicted octanol–water partition coefficient (Wildman–Crippen LogP) is 11.9. The Balaban J connectivity index is 1.37. The third-order valence-electron chi connectivity index (χ3n) is 9.80. The number of hydrogen-bond acceptors (Lipinski definition) is 0. The van der Waals surface area contributed by atoms with E-state index in [1.54, 1.807) is 0 Å². The van der Waals surface area contributed by atoms with Crippen LogP contribution in [0.25, 0.3) is 76.5 Å². The first-order valence-corrected chi connectivity index (χ1v) is 15.2. The van der Waals surface area contributed by atoms with Crippen molar-refractivity contribution in [3.05, 3.63) is 157 Å². The molecule has 0 N–H and O–H groups in total. The standard InChI is InChI=1S/C43H30/c1-43(2)38-26-28(24-25-37(38)41-31-18-8-6-16-29(31)30-17-7-13-23-36(30)42(41)43)40-34-21-11-9-19-32(34)39(27-14-4-3-5-15-27)33-20-10-12-22-35(33)40/h3-26H,1-2H3. The molecule has 0 saturated heterocycles. The summed E-state index contributed by atoms with van der Waals surface area (Å²) in [6, 6.07) is 53.9. The molecule has 0 fully saturated rings. The summed E-state index contributed by atoms with van der Waals surface area (Å²) in [4.78, 5) is 0. The van der Waals surface area contributed by atoms with Gasteiger partial charge in [-0.25, -0.2) is 0 Å². The van der Waals surface area contributed by atoms with Gasteiger partial charge in [-0.1, -0.05) is 153 Å². The van der Waals surface area contributed by atoms with E-state index in [9.17, 15) is 0 Å². The minimum atomic E-state index is -0.139. The summed E-state index contributed by atoms with van der Waals surface area (Å²) in [5.41, 5.74) is 10.6. The molecule has 0 nitrogen and oxygen atoms in total. The molecule has 8 aromatic rings. The minimum absolute atomic E-state index is 0.139. The monoisotopic (exact) mass is 546 g/mol. The Hall–Kier alpha value is -5.20. The largest absolute Gasteiger partial charge is 0.0622 e. The molecule has 0 heteroatoms. The molecular formula is C43H30. The van der Waals surface area contributed by atoms with Gasteiger partial charge in [0.25, 0.3) is 0 Å². The smallest absolute Gasteiger partial charge is 0.0165 e. The highest BCUT2D eigenvalue weighted by Crippen LogP contribution is 2.55. The second-order valence-electron chi connectivity index (χ2n) is 12.4. The molecule has 9 rings (SSSR count). The summed E-state index contributed by atoms with van der Waals surface area (Å²) < 4.78 is 0. The van der Waals surface area contributed by atoms with E-state index in [-0.39, 0.29) is 5.41 Å². The molecule has 1 aliphatic carbocycles. The molecule has 0 saturated carbocycles. The Morgan fingerprint density at radius 2 is 0.767 bits per heavy atom. The zero-order valence-electron chi connectivity index (χ0n) is 24.4. The number of hydrogen-bond donors (Lipinski definition) is 0. The summed E-state index contributed by atoms with van der Waals surface area (Å²) in [6.07, 6.45) is 0. The van der Waals surface area contributed by atoms with E-state index in [0.29, 0.717) is 0 Å². The third-order valence-corrected chi connectivity index (χ3v) is 9.80. The fourth-order valence-electron chi connectivity index (χ4n) is 8.00. The Morgan fingerprint density at radius 3 is 1.33 bits per heavy atom. The highest BCUT2D eigenvalue weighted by molar-refractivity contribution is 6.22. The van der Waals surface area contributed by atoms with Gasteiger partial charge in [-0.05, 0) is 93.7 Å². The van der Waals surface area contributed by atoms with E-state index >= 15 is 0 Å². The first-order valence-electron chi connectivity index (χ1n) is 15.2. The fourth-order valence-corrected chi connectivity index (χ4v) is 8.00. The van der Waals surface area contributed by atoms with Gasteiger partial charge in [0.05, 0.1) is 0 Å². The van der Waals surface area contributed by atoms with Crippen molar-refractivity contribution in [2.45, 2.75) is 19.3 Å². The lowest BCUT2D eigenvalue weighted by molar-refractivity contribution is 0.667. The van der Waals surface area contributed by atoms with Gasteiger partial charge in [-0.15, -0.1) is 0 Å². The first kappa shape index (κ1) is 24.4. The summed E-state index contributed by atoms with van der Waals surface area (Å²) in [6.45, 7) is 4.83. The van der Waals surface area contributed by atoms with Crippen LogP contribution in [-0.4, -0.2) is 0 Å². The van der Waals surface area contributed by atoms with Crippen LogP contribution < -0.4 is 0 Å². The Kier molecular flexibility index (Phi) is 5.05. The van der Waals surface area contributed by atoms with Crippen LogP contribution in [0.2, 0.25) is 0 Å². The average Bonchev–Trinajstić information content (AvgIpc) is 3.30. The number of fused-ring (bicyclic) bond motifs is 10. The second kappa shape index (κ2) is 8.90. The van der Waals surface area contributed by atoms with Gasteiger partial charge in [-0.3, -0.25) is 0 Å². The topological polar surface area (TPSA) is 0 Å². The fraction of sp³-hybridized carbons (Fsp3) is 0.0698. The van der Waals surface area contributed by atoms with E-state index in [1.807, 2.05) is 0 Å². The lowest BCUT2D eigenvalue weighted by Crippen LogP contribution is -2.15. The SMILES string of the molecule is CC1(C)c2cc(-c3c4ccccc4c(-c4ccccc4)c4ccccc34)ccc2-c2c1c1ccccc1c1ccccc21. The maximum Gasteiger partial charge on any atom is 0.0165 e. The molecule has 8 aromatic carbocycles. The number of benzene rings is 8. The third kappa shape index (κ3) is 3.32. The zero-order valence-corrected chi connectivity index (χ0v) is 24.4.